The standard InChI is InChI=1S/C20H22N2O4/c23-19(21-14-18(20(24)25)15-4-2-1-3-5-15)16-6-8-17(9-7-16)22-10-12-26-13-11-22/h1-9,18H,10-14H2,(H,21,23)(H,24,25). The number of carbonyl (C=O) groups is 2. The van der Waals surface area contributed by atoms with E-state index in [-0.39, 0.29) is 12.5 Å². The van der Waals surface area contributed by atoms with Crippen LogP contribution in [0.2, 0.25) is 0 Å². The zero-order valence-corrected chi connectivity index (χ0v) is 14.4. The second-order valence-electron chi connectivity index (χ2n) is 6.16. The van der Waals surface area contributed by atoms with Crippen molar-refractivity contribution in [3.63, 3.8) is 0 Å². The Hall–Kier alpha value is -2.86. The van der Waals surface area contributed by atoms with Gasteiger partial charge in [-0.05, 0) is 29.8 Å². The first-order valence-corrected chi connectivity index (χ1v) is 8.64. The van der Waals surface area contributed by atoms with Gasteiger partial charge < -0.3 is 20.1 Å². The van der Waals surface area contributed by atoms with Gasteiger partial charge in [0, 0.05) is 30.9 Å². The minimum atomic E-state index is -0.959. The molecule has 2 N–H and O–H groups in total. The molecule has 0 saturated carbocycles. The molecule has 1 unspecified atom stereocenters. The maximum Gasteiger partial charge on any atom is 0.312 e. The lowest BCUT2D eigenvalue weighted by molar-refractivity contribution is -0.138. The lowest BCUT2D eigenvalue weighted by Gasteiger charge is -2.28. The number of aliphatic carboxylic acids is 1. The number of hydrogen-bond donors (Lipinski definition) is 2. The van der Waals surface area contributed by atoms with Gasteiger partial charge in [-0.1, -0.05) is 30.3 Å². The lowest BCUT2D eigenvalue weighted by Crippen LogP contribution is -2.36. The van der Waals surface area contributed by atoms with Crippen LogP contribution in [0.25, 0.3) is 0 Å². The smallest absolute Gasteiger partial charge is 0.312 e. The summed E-state index contributed by atoms with van der Waals surface area (Å²) in [7, 11) is 0. The van der Waals surface area contributed by atoms with Crippen LogP contribution in [0.5, 0.6) is 0 Å². The number of nitrogens with one attached hydrogen (secondary N) is 1. The van der Waals surface area contributed by atoms with Gasteiger partial charge in [0.1, 0.15) is 0 Å². The average Bonchev–Trinajstić information content (AvgIpc) is 2.69. The second-order valence-corrected chi connectivity index (χ2v) is 6.16. The third-order valence-electron chi connectivity index (χ3n) is 4.47. The van der Waals surface area contributed by atoms with Gasteiger partial charge in [-0.3, -0.25) is 9.59 Å². The Labute approximate surface area is 152 Å². The number of carboxylic acid groups (broad SMARTS) is 1. The van der Waals surface area contributed by atoms with Crippen LogP contribution < -0.4 is 10.2 Å². The first-order chi connectivity index (χ1) is 12.6. The van der Waals surface area contributed by atoms with Gasteiger partial charge in [0.2, 0.25) is 0 Å². The number of nitrogens with zero attached hydrogens (tertiary/aromatic N) is 1. The first-order valence-electron chi connectivity index (χ1n) is 8.64. The number of carboxylic acids is 1. The highest BCUT2D eigenvalue weighted by atomic mass is 16.5. The van der Waals surface area contributed by atoms with E-state index in [1.807, 2.05) is 18.2 Å². The topological polar surface area (TPSA) is 78.9 Å². The van der Waals surface area contributed by atoms with E-state index in [0.717, 1.165) is 18.8 Å². The molecule has 1 amide bonds. The van der Waals surface area contributed by atoms with Crippen LogP contribution >= 0.6 is 0 Å². The molecule has 6 heteroatoms. The van der Waals surface area contributed by atoms with E-state index in [1.54, 1.807) is 36.4 Å². The highest BCUT2D eigenvalue weighted by Crippen LogP contribution is 2.18. The predicted molar refractivity (Wildman–Crippen MR) is 98.6 cm³/mol. The third-order valence-corrected chi connectivity index (χ3v) is 4.47. The van der Waals surface area contributed by atoms with Crippen molar-refractivity contribution in [3.8, 4) is 0 Å². The molecule has 1 fully saturated rings. The van der Waals surface area contributed by atoms with Gasteiger partial charge in [0.15, 0.2) is 0 Å². The molecule has 2 aromatic carbocycles. The van der Waals surface area contributed by atoms with Gasteiger partial charge in [0.05, 0.1) is 19.1 Å². The van der Waals surface area contributed by atoms with Gasteiger partial charge in [-0.2, -0.15) is 0 Å². The molecular formula is C20H22N2O4. The van der Waals surface area contributed by atoms with E-state index in [2.05, 4.69) is 10.2 Å². The Balaban J connectivity index is 1.61. The lowest BCUT2D eigenvalue weighted by atomic mass is 9.99. The Morgan fingerprint density at radius 3 is 2.31 bits per heavy atom. The quantitative estimate of drug-likeness (QED) is 0.831. The van der Waals surface area contributed by atoms with Crippen LogP contribution in [0.3, 0.4) is 0 Å². The summed E-state index contributed by atoms with van der Waals surface area (Å²) in [4.78, 5) is 26.1. The summed E-state index contributed by atoms with van der Waals surface area (Å²) >= 11 is 0. The molecule has 0 aromatic heterocycles. The van der Waals surface area contributed by atoms with Crippen LogP contribution in [0.4, 0.5) is 5.69 Å². The van der Waals surface area contributed by atoms with Gasteiger partial charge >= 0.3 is 5.97 Å². The number of morpholine rings is 1. The second kappa shape index (κ2) is 8.49. The molecule has 26 heavy (non-hydrogen) atoms. The van der Waals surface area contributed by atoms with Crippen LogP contribution in [0.15, 0.2) is 54.6 Å². The van der Waals surface area contributed by atoms with Crippen molar-refractivity contribution < 1.29 is 19.4 Å². The van der Waals surface area contributed by atoms with E-state index in [1.165, 1.54) is 0 Å². The van der Waals surface area contributed by atoms with Gasteiger partial charge in [-0.15, -0.1) is 0 Å². The maximum absolute atomic E-state index is 12.4. The molecule has 0 spiro atoms. The first kappa shape index (κ1) is 17.9. The van der Waals surface area contributed by atoms with Crippen LogP contribution in [0.1, 0.15) is 21.8 Å². The fourth-order valence-corrected chi connectivity index (χ4v) is 2.98. The van der Waals surface area contributed by atoms with Crippen molar-refractivity contribution in [2.45, 2.75) is 5.92 Å². The van der Waals surface area contributed by atoms with E-state index in [4.69, 9.17) is 4.74 Å². The largest absolute Gasteiger partial charge is 0.481 e. The number of ether oxygens (including phenoxy) is 1. The van der Waals surface area contributed by atoms with E-state index in [9.17, 15) is 14.7 Å². The number of carbonyl (C=O) groups excluding carboxylic acids is 1. The number of anilines is 1. The Morgan fingerprint density at radius 1 is 1.04 bits per heavy atom. The molecule has 1 aliphatic rings. The van der Waals surface area contributed by atoms with Crippen molar-refractivity contribution in [1.82, 2.24) is 5.32 Å². The summed E-state index contributed by atoms with van der Waals surface area (Å²) in [5.41, 5.74) is 2.24. The van der Waals surface area contributed by atoms with Crippen LogP contribution in [0, 0.1) is 0 Å². The van der Waals surface area contributed by atoms with E-state index in [0.29, 0.717) is 24.3 Å². The Morgan fingerprint density at radius 2 is 1.69 bits per heavy atom. The monoisotopic (exact) mass is 354 g/mol. The van der Waals surface area contributed by atoms with Gasteiger partial charge in [0.25, 0.3) is 5.91 Å². The predicted octanol–water partition coefficient (Wildman–Crippen LogP) is 2.12. The zero-order chi connectivity index (χ0) is 18.4. The fourth-order valence-electron chi connectivity index (χ4n) is 2.98. The summed E-state index contributed by atoms with van der Waals surface area (Å²) in [5.74, 6) is -2.01. The summed E-state index contributed by atoms with van der Waals surface area (Å²) in [5, 5.41) is 12.1. The van der Waals surface area contributed by atoms with Crippen LogP contribution in [-0.2, 0) is 9.53 Å². The van der Waals surface area contributed by atoms with Gasteiger partial charge in [-0.25, -0.2) is 0 Å². The summed E-state index contributed by atoms with van der Waals surface area (Å²) in [6.45, 7) is 3.13. The molecule has 0 bridgehead atoms. The minimum absolute atomic E-state index is 0.0450. The van der Waals surface area contributed by atoms with Crippen molar-refractivity contribution >= 4 is 17.6 Å². The molecule has 6 nitrogen and oxygen atoms in total. The summed E-state index contributed by atoms with van der Waals surface area (Å²) < 4.78 is 5.34. The third kappa shape index (κ3) is 4.40. The molecule has 1 atom stereocenters. The van der Waals surface area contributed by atoms with Crippen molar-refractivity contribution in [2.75, 3.05) is 37.7 Å². The van der Waals surface area contributed by atoms with Crippen molar-refractivity contribution in [1.29, 1.82) is 0 Å². The highest BCUT2D eigenvalue weighted by molar-refractivity contribution is 5.95. The van der Waals surface area contributed by atoms with Crippen LogP contribution in [-0.4, -0.2) is 49.8 Å². The molecule has 1 saturated heterocycles. The number of amides is 1. The molecule has 0 aliphatic carbocycles. The summed E-state index contributed by atoms with van der Waals surface area (Å²) in [6, 6.07) is 16.3. The van der Waals surface area contributed by atoms with E-state index >= 15 is 0 Å². The number of hydrogen-bond acceptors (Lipinski definition) is 4. The molecule has 1 heterocycles. The summed E-state index contributed by atoms with van der Waals surface area (Å²) in [6.07, 6.45) is 0. The maximum atomic E-state index is 12.4. The van der Waals surface area contributed by atoms with Crippen molar-refractivity contribution in [2.24, 2.45) is 0 Å². The average molecular weight is 354 g/mol. The SMILES string of the molecule is O=C(NCC(C(=O)O)c1ccccc1)c1ccc(N2CCOCC2)cc1. The van der Waals surface area contributed by atoms with Crippen molar-refractivity contribution in [3.05, 3.63) is 65.7 Å². The number of rotatable bonds is 6. The Bertz CT molecular complexity index is 740. The molecule has 3 rings (SSSR count). The molecule has 1 aliphatic heterocycles. The number of benzene rings is 2. The fraction of sp³-hybridized carbons (Fsp3) is 0.300. The molecule has 136 valence electrons. The molecular weight excluding hydrogens is 332 g/mol. The molecule has 0 radical (unpaired) electrons. The highest BCUT2D eigenvalue weighted by Gasteiger charge is 2.20. The zero-order valence-electron chi connectivity index (χ0n) is 14.4. The molecule has 2 aromatic rings. The Kier molecular flexibility index (Phi) is 5.86. The minimum Gasteiger partial charge on any atom is -0.481 e. The normalized spacial score (nSPS) is 15.3. The van der Waals surface area contributed by atoms with E-state index < -0.39 is 11.9 Å².